The lowest BCUT2D eigenvalue weighted by Crippen LogP contribution is -2.15. The van der Waals surface area contributed by atoms with Gasteiger partial charge in [0.1, 0.15) is 5.56 Å². The first-order valence-electron chi connectivity index (χ1n) is 5.16. The molecule has 0 heterocycles. The van der Waals surface area contributed by atoms with E-state index in [-0.39, 0.29) is 10.6 Å². The van der Waals surface area contributed by atoms with E-state index in [1.807, 2.05) is 0 Å². The van der Waals surface area contributed by atoms with Crippen molar-refractivity contribution in [3.8, 4) is 5.75 Å². The molecule has 0 unspecified atom stereocenters. The molecule has 0 saturated carbocycles. The topological polar surface area (TPSA) is 105 Å². The van der Waals surface area contributed by atoms with Gasteiger partial charge in [0.05, 0.1) is 19.1 Å². The van der Waals surface area contributed by atoms with Crippen molar-refractivity contribution in [1.29, 1.82) is 0 Å². The van der Waals surface area contributed by atoms with Crippen molar-refractivity contribution in [2.24, 2.45) is 0 Å². The Hall–Kier alpha value is -2.35. The first kappa shape index (κ1) is 15.7. The number of hydrogen-bond acceptors (Lipinski definition) is 7. The number of rotatable bonds is 5. The van der Waals surface area contributed by atoms with Crippen molar-refractivity contribution >= 4 is 29.2 Å². The lowest BCUT2D eigenvalue weighted by atomic mass is 10.1. The zero-order valence-electron chi connectivity index (χ0n) is 10.5. The van der Waals surface area contributed by atoms with Crippen molar-refractivity contribution < 1.29 is 28.7 Å². The second-order valence-corrected chi connectivity index (χ2v) is 3.85. The van der Waals surface area contributed by atoms with E-state index in [1.165, 1.54) is 0 Å². The van der Waals surface area contributed by atoms with Crippen LogP contribution in [0.4, 0.5) is 5.69 Å². The number of nitrogens with zero attached hydrogens (tertiary/aromatic N) is 1. The molecule has 0 aliphatic carbocycles. The Morgan fingerprint density at radius 2 is 1.95 bits per heavy atom. The minimum absolute atomic E-state index is 0.0393. The number of ether oxygens (including phenoxy) is 3. The summed E-state index contributed by atoms with van der Waals surface area (Å²) in [6, 6.07) is 2.15. The zero-order valence-corrected chi connectivity index (χ0v) is 11.3. The highest BCUT2D eigenvalue weighted by atomic mass is 35.5. The first-order chi connectivity index (χ1) is 9.40. The van der Waals surface area contributed by atoms with Crippen molar-refractivity contribution in [3.63, 3.8) is 0 Å². The average molecular weight is 304 g/mol. The van der Waals surface area contributed by atoms with Gasteiger partial charge in [-0.2, -0.15) is 0 Å². The van der Waals surface area contributed by atoms with Gasteiger partial charge in [-0.1, -0.05) is 11.6 Å². The molecule has 0 saturated heterocycles. The van der Waals surface area contributed by atoms with Crippen LogP contribution in [0.5, 0.6) is 5.75 Å². The minimum Gasteiger partial charge on any atom is -0.474 e. The Bertz CT molecular complexity index is 558. The van der Waals surface area contributed by atoms with Gasteiger partial charge in [0.2, 0.25) is 5.75 Å². The fraction of sp³-hybridized carbons (Fsp3) is 0.273. The van der Waals surface area contributed by atoms with E-state index >= 15 is 0 Å². The molecule has 0 amide bonds. The maximum absolute atomic E-state index is 11.6. The molecule has 0 bridgehead atoms. The molecule has 9 heteroatoms. The minimum atomic E-state index is -0.879. The normalized spacial score (nSPS) is 9.75. The highest BCUT2D eigenvalue weighted by Crippen LogP contribution is 2.35. The van der Waals surface area contributed by atoms with Crippen LogP contribution >= 0.6 is 11.6 Å². The van der Waals surface area contributed by atoms with Crippen LogP contribution in [0.2, 0.25) is 5.02 Å². The molecule has 0 N–H and O–H groups in total. The van der Waals surface area contributed by atoms with Gasteiger partial charge in [0, 0.05) is 11.1 Å². The molecule has 0 spiro atoms. The summed E-state index contributed by atoms with van der Waals surface area (Å²) >= 11 is 5.70. The highest BCUT2D eigenvalue weighted by Gasteiger charge is 2.26. The van der Waals surface area contributed by atoms with Gasteiger partial charge in [0.15, 0.2) is 6.61 Å². The van der Waals surface area contributed by atoms with Gasteiger partial charge in [0.25, 0.3) is 0 Å². The Morgan fingerprint density at radius 1 is 1.30 bits per heavy atom. The fourth-order valence-corrected chi connectivity index (χ4v) is 1.53. The second-order valence-electron chi connectivity index (χ2n) is 3.42. The number of halogens is 1. The van der Waals surface area contributed by atoms with E-state index in [1.54, 1.807) is 0 Å². The van der Waals surface area contributed by atoms with Crippen LogP contribution in [0, 0.1) is 10.1 Å². The Morgan fingerprint density at radius 3 is 2.45 bits per heavy atom. The monoisotopic (exact) mass is 303 g/mol. The number of esters is 2. The summed E-state index contributed by atoms with van der Waals surface area (Å²) in [5, 5.41) is 10.9. The maximum Gasteiger partial charge on any atom is 0.343 e. The molecule has 0 fully saturated rings. The van der Waals surface area contributed by atoms with Gasteiger partial charge >= 0.3 is 17.6 Å². The predicted molar refractivity (Wildman–Crippen MR) is 67.0 cm³/mol. The van der Waals surface area contributed by atoms with Crippen LogP contribution < -0.4 is 4.74 Å². The maximum atomic E-state index is 11.6. The Kier molecular flexibility index (Phi) is 5.27. The summed E-state index contributed by atoms with van der Waals surface area (Å²) in [5.41, 5.74) is -0.808. The van der Waals surface area contributed by atoms with Crippen LogP contribution in [0.25, 0.3) is 0 Å². The quantitative estimate of drug-likeness (QED) is 0.462. The largest absolute Gasteiger partial charge is 0.474 e. The summed E-state index contributed by atoms with van der Waals surface area (Å²) in [5.74, 6) is -2.04. The summed E-state index contributed by atoms with van der Waals surface area (Å²) < 4.78 is 13.8. The van der Waals surface area contributed by atoms with Gasteiger partial charge in [-0.3, -0.25) is 10.1 Å². The van der Waals surface area contributed by atoms with Crippen molar-refractivity contribution in [2.45, 2.75) is 0 Å². The number of nitro groups is 1. The van der Waals surface area contributed by atoms with Gasteiger partial charge in [-0.15, -0.1) is 0 Å². The lowest BCUT2D eigenvalue weighted by Gasteiger charge is -2.10. The van der Waals surface area contributed by atoms with Crippen LogP contribution in [0.15, 0.2) is 12.1 Å². The highest BCUT2D eigenvalue weighted by molar-refractivity contribution is 6.31. The van der Waals surface area contributed by atoms with Crippen LogP contribution in [-0.2, 0) is 14.3 Å². The summed E-state index contributed by atoms with van der Waals surface area (Å²) in [6.45, 7) is -0.594. The molecule has 20 heavy (non-hydrogen) atoms. The number of carbonyl (C=O) groups excluding carboxylic acids is 2. The van der Waals surface area contributed by atoms with E-state index in [0.717, 1.165) is 26.4 Å². The molecule has 1 rings (SSSR count). The van der Waals surface area contributed by atoms with E-state index < -0.39 is 34.9 Å². The average Bonchev–Trinajstić information content (AvgIpc) is 2.43. The molecule has 1 aromatic rings. The van der Waals surface area contributed by atoms with E-state index in [2.05, 4.69) is 9.47 Å². The second kappa shape index (κ2) is 6.71. The van der Waals surface area contributed by atoms with Crippen LogP contribution in [-0.4, -0.2) is 37.7 Å². The zero-order chi connectivity index (χ0) is 15.3. The fourth-order valence-electron chi connectivity index (χ4n) is 1.32. The van der Waals surface area contributed by atoms with Gasteiger partial charge in [-0.25, -0.2) is 9.59 Å². The number of hydrogen-bond donors (Lipinski definition) is 0. The van der Waals surface area contributed by atoms with Crippen molar-refractivity contribution in [2.75, 3.05) is 20.8 Å². The molecule has 0 radical (unpaired) electrons. The molecule has 0 atom stereocenters. The third-order valence-corrected chi connectivity index (χ3v) is 2.42. The van der Waals surface area contributed by atoms with Crippen molar-refractivity contribution in [1.82, 2.24) is 0 Å². The van der Waals surface area contributed by atoms with Crippen LogP contribution in [0.1, 0.15) is 10.4 Å². The number of carbonyl (C=O) groups is 2. The molecule has 0 aliphatic heterocycles. The lowest BCUT2D eigenvalue weighted by molar-refractivity contribution is -0.385. The molecule has 1 aromatic carbocycles. The summed E-state index contributed by atoms with van der Waals surface area (Å²) in [7, 11) is 2.22. The molecule has 8 nitrogen and oxygen atoms in total. The third kappa shape index (κ3) is 3.58. The van der Waals surface area contributed by atoms with Gasteiger partial charge < -0.3 is 14.2 Å². The molecule has 0 aliphatic rings. The third-order valence-electron chi connectivity index (χ3n) is 2.20. The predicted octanol–water partition coefficient (Wildman–Crippen LogP) is 1.59. The summed E-state index contributed by atoms with van der Waals surface area (Å²) in [4.78, 5) is 32.8. The standard InChI is InChI=1S/C11H10ClNO7/c1-18-9(14)5-20-10-7(11(15)19-2)3-6(12)4-8(10)13(16)17/h3-4H,5H2,1-2H3. The molecular weight excluding hydrogens is 294 g/mol. The van der Waals surface area contributed by atoms with Gasteiger partial charge in [-0.05, 0) is 6.07 Å². The molecule has 0 aromatic heterocycles. The van der Waals surface area contributed by atoms with E-state index in [0.29, 0.717) is 0 Å². The van der Waals surface area contributed by atoms with E-state index in [9.17, 15) is 19.7 Å². The number of nitro benzene ring substituents is 1. The number of benzene rings is 1. The number of methoxy groups -OCH3 is 2. The smallest absolute Gasteiger partial charge is 0.343 e. The van der Waals surface area contributed by atoms with E-state index in [4.69, 9.17) is 16.3 Å². The van der Waals surface area contributed by atoms with Crippen molar-refractivity contribution in [3.05, 3.63) is 32.8 Å². The van der Waals surface area contributed by atoms with Crippen LogP contribution in [0.3, 0.4) is 0 Å². The Labute approximate surface area is 118 Å². The molecular formula is C11H10ClNO7. The Balaban J connectivity index is 3.30. The SMILES string of the molecule is COC(=O)COc1c(C(=O)OC)cc(Cl)cc1[N+](=O)[O-]. The first-order valence-corrected chi connectivity index (χ1v) is 5.54. The summed E-state index contributed by atoms with van der Waals surface area (Å²) in [6.07, 6.45) is 0. The molecule has 108 valence electrons.